The first-order valence-corrected chi connectivity index (χ1v) is 15.9. The molecule has 0 aliphatic carbocycles. The van der Waals surface area contributed by atoms with Crippen LogP contribution in [0.15, 0.2) is 73.1 Å². The lowest BCUT2D eigenvalue weighted by Gasteiger charge is -2.26. The van der Waals surface area contributed by atoms with Crippen LogP contribution in [0.4, 0.5) is 11.9 Å². The van der Waals surface area contributed by atoms with E-state index in [9.17, 15) is 0 Å². The molecule has 248 valence electrons. The van der Waals surface area contributed by atoms with E-state index >= 15 is 0 Å². The van der Waals surface area contributed by atoms with Crippen molar-refractivity contribution in [1.29, 1.82) is 0 Å². The summed E-state index contributed by atoms with van der Waals surface area (Å²) in [6, 6.07) is 20.0. The minimum atomic E-state index is -1.41. The second-order valence-corrected chi connectivity index (χ2v) is 11.5. The number of fused-ring (bicyclic) bond motifs is 2. The third-order valence-corrected chi connectivity index (χ3v) is 8.30. The fraction of sp³-hybridized carbons (Fsp3) is 0.312. The molecule has 2 aliphatic heterocycles. The van der Waals surface area contributed by atoms with Crippen LogP contribution in [0.3, 0.4) is 0 Å². The fourth-order valence-corrected chi connectivity index (χ4v) is 5.70. The number of aromatic nitrogens is 8. The summed E-state index contributed by atoms with van der Waals surface area (Å²) >= 11 is 5.69. The molecule has 8 rings (SSSR count). The van der Waals surface area contributed by atoms with Crippen molar-refractivity contribution in [2.75, 3.05) is 62.4 Å². The Balaban J connectivity index is 0.000000133. The van der Waals surface area contributed by atoms with Crippen molar-refractivity contribution in [3.05, 3.63) is 78.2 Å². The first kappa shape index (κ1) is 33.2. The van der Waals surface area contributed by atoms with E-state index in [0.29, 0.717) is 49.1 Å². The summed E-state index contributed by atoms with van der Waals surface area (Å²) in [5, 5.41) is 36.6. The predicted octanol–water partition coefficient (Wildman–Crippen LogP) is 2.09. The van der Waals surface area contributed by atoms with Crippen LogP contribution in [0.1, 0.15) is 0 Å². The van der Waals surface area contributed by atoms with Gasteiger partial charge >= 0.3 is 7.12 Å². The number of benzene rings is 2. The number of ether oxygens (including phenoxy) is 2. The monoisotopic (exact) mass is 670 g/mol. The Morgan fingerprint density at radius 2 is 1.21 bits per heavy atom. The maximum absolute atomic E-state index is 9.04. The van der Waals surface area contributed by atoms with Crippen LogP contribution in [0.2, 0.25) is 5.15 Å². The highest BCUT2D eigenvalue weighted by atomic mass is 35.5. The van der Waals surface area contributed by atoms with E-state index in [0.717, 1.165) is 48.5 Å². The number of hydrogen-bond acceptors (Lipinski definition) is 12. The molecule has 2 fully saturated rings. The van der Waals surface area contributed by atoms with Gasteiger partial charge in [-0.2, -0.15) is 15.2 Å². The van der Waals surface area contributed by atoms with E-state index in [4.69, 9.17) is 36.1 Å². The third kappa shape index (κ3) is 7.72. The minimum Gasteiger partial charge on any atom is -0.422 e. The van der Waals surface area contributed by atoms with Crippen molar-refractivity contribution in [2.24, 2.45) is 14.1 Å². The molecule has 2 aromatic carbocycles. The van der Waals surface area contributed by atoms with Gasteiger partial charge in [0.05, 0.1) is 44.5 Å². The summed E-state index contributed by atoms with van der Waals surface area (Å²) in [5.74, 6) is 1.25. The largest absolute Gasteiger partial charge is 0.505 e. The predicted molar refractivity (Wildman–Crippen MR) is 185 cm³/mol. The molecular weight excluding hydrogens is 635 g/mol. The van der Waals surface area contributed by atoms with Crippen LogP contribution in [0.5, 0.6) is 0 Å². The number of para-hydroxylation sites is 2. The Kier molecular flexibility index (Phi) is 10.7. The molecule has 6 heterocycles. The molecule has 0 radical (unpaired) electrons. The van der Waals surface area contributed by atoms with E-state index in [-0.39, 0.29) is 0 Å². The van der Waals surface area contributed by atoms with Gasteiger partial charge in [0.2, 0.25) is 11.9 Å². The molecule has 48 heavy (non-hydrogen) atoms. The van der Waals surface area contributed by atoms with Gasteiger partial charge in [-0.15, -0.1) is 10.2 Å². The number of anilines is 2. The van der Waals surface area contributed by atoms with E-state index in [1.54, 1.807) is 16.8 Å². The van der Waals surface area contributed by atoms with Gasteiger partial charge in [0.1, 0.15) is 5.69 Å². The Morgan fingerprint density at radius 3 is 1.75 bits per heavy atom. The lowest BCUT2D eigenvalue weighted by atomic mass is 9.86. The van der Waals surface area contributed by atoms with Crippen LogP contribution >= 0.6 is 11.6 Å². The highest BCUT2D eigenvalue weighted by Crippen LogP contribution is 2.26. The van der Waals surface area contributed by atoms with Gasteiger partial charge in [0.15, 0.2) is 5.15 Å². The number of aryl methyl sites for hydroxylation is 2. The molecule has 0 unspecified atom stereocenters. The highest BCUT2D eigenvalue weighted by molar-refractivity contribution is 6.58. The molecular formula is C32H36BClN10O4. The zero-order valence-electron chi connectivity index (χ0n) is 26.7. The topological polar surface area (TPSA) is 153 Å². The molecule has 4 aromatic heterocycles. The molecule has 0 bridgehead atoms. The van der Waals surface area contributed by atoms with Gasteiger partial charge in [0.25, 0.3) is 0 Å². The van der Waals surface area contributed by atoms with Crippen LogP contribution < -0.4 is 15.4 Å². The molecule has 2 saturated heterocycles. The van der Waals surface area contributed by atoms with Crippen molar-refractivity contribution < 1.29 is 19.5 Å². The third-order valence-electron chi connectivity index (χ3n) is 8.12. The van der Waals surface area contributed by atoms with Crippen LogP contribution in [-0.4, -0.2) is 109 Å². The maximum atomic E-state index is 9.04. The standard InChI is InChI=1S/C16H17N5O.C9H10BNO2.C7H9ClN4O/c1-20-14-5-3-2-4-12(14)10-15(20)13-11-17-19-16(18-13)21-6-8-22-9-7-21;1-11-8-5-3-2-4-7(8)6-9(11)10(12)13;8-6-5-9-11-7(10-6)12-1-3-13-4-2-12/h2-5,10-11H,6-9H2,1H3;2-6,12-13H,1H3;5H,1-4H2. The number of rotatable bonds is 4. The summed E-state index contributed by atoms with van der Waals surface area (Å²) < 4.78 is 14.5. The van der Waals surface area contributed by atoms with Crippen LogP contribution in [0, 0.1) is 0 Å². The van der Waals surface area contributed by atoms with Crippen LogP contribution in [0.25, 0.3) is 33.2 Å². The first-order valence-electron chi connectivity index (χ1n) is 15.5. The Bertz CT molecular complexity index is 1960. The summed E-state index contributed by atoms with van der Waals surface area (Å²) in [4.78, 5) is 12.9. The highest BCUT2D eigenvalue weighted by Gasteiger charge is 2.18. The number of hydrogen-bond donors (Lipinski definition) is 2. The molecule has 0 amide bonds. The number of morpholine rings is 2. The zero-order chi connectivity index (χ0) is 33.5. The summed E-state index contributed by atoms with van der Waals surface area (Å²) in [6.45, 7) is 6.03. The molecule has 14 nitrogen and oxygen atoms in total. The zero-order valence-corrected chi connectivity index (χ0v) is 27.5. The molecule has 2 aliphatic rings. The maximum Gasteiger partial charge on any atom is 0.505 e. The van der Waals surface area contributed by atoms with E-state index in [2.05, 4.69) is 53.0 Å². The molecule has 0 spiro atoms. The fourth-order valence-electron chi connectivity index (χ4n) is 5.58. The van der Waals surface area contributed by atoms with E-state index in [1.165, 1.54) is 17.1 Å². The van der Waals surface area contributed by atoms with Gasteiger partial charge in [0, 0.05) is 62.3 Å². The van der Waals surface area contributed by atoms with Gasteiger partial charge in [-0.1, -0.05) is 48.0 Å². The molecule has 6 aromatic rings. The Morgan fingerprint density at radius 1 is 0.688 bits per heavy atom. The quantitative estimate of drug-likeness (QED) is 0.264. The number of nitrogens with zero attached hydrogens (tertiary/aromatic N) is 10. The second-order valence-electron chi connectivity index (χ2n) is 11.1. The Labute approximate surface area is 282 Å². The minimum absolute atomic E-state index is 0.372. The SMILES string of the molecule is Clc1cnnc(N2CCOCC2)n1.Cn1c(-c2cnnc(N3CCOCC3)n2)cc2ccccc21.Cn1c(B(O)O)cc2ccccc21. The molecule has 0 atom stereocenters. The van der Waals surface area contributed by atoms with Gasteiger partial charge < -0.3 is 38.5 Å². The lowest BCUT2D eigenvalue weighted by molar-refractivity contribution is 0.122. The number of halogens is 1. The van der Waals surface area contributed by atoms with Crippen molar-refractivity contribution in [3.63, 3.8) is 0 Å². The normalized spacial score (nSPS) is 14.7. The smallest absolute Gasteiger partial charge is 0.422 e. The van der Waals surface area contributed by atoms with Gasteiger partial charge in [-0.25, -0.2) is 4.98 Å². The van der Waals surface area contributed by atoms with E-state index in [1.807, 2.05) is 55.4 Å². The summed E-state index contributed by atoms with van der Waals surface area (Å²) in [5.41, 5.74) is 4.59. The van der Waals surface area contributed by atoms with Crippen molar-refractivity contribution in [3.8, 4) is 11.4 Å². The van der Waals surface area contributed by atoms with Crippen LogP contribution in [-0.2, 0) is 23.6 Å². The van der Waals surface area contributed by atoms with Crippen molar-refractivity contribution >= 4 is 58.0 Å². The Hall–Kier alpha value is -4.67. The average Bonchev–Trinajstić information content (AvgIpc) is 3.66. The average molecular weight is 671 g/mol. The van der Waals surface area contributed by atoms with Gasteiger partial charge in [-0.3, -0.25) is 0 Å². The van der Waals surface area contributed by atoms with Crippen molar-refractivity contribution in [1.82, 2.24) is 39.5 Å². The molecule has 2 N–H and O–H groups in total. The summed E-state index contributed by atoms with van der Waals surface area (Å²) in [6.07, 6.45) is 3.14. The van der Waals surface area contributed by atoms with Gasteiger partial charge in [-0.05, 0) is 29.7 Å². The summed E-state index contributed by atoms with van der Waals surface area (Å²) in [7, 11) is 2.46. The first-order chi connectivity index (χ1) is 23.4. The lowest BCUT2D eigenvalue weighted by Crippen LogP contribution is -2.37. The van der Waals surface area contributed by atoms with Crippen molar-refractivity contribution in [2.45, 2.75) is 0 Å². The second kappa shape index (κ2) is 15.5. The van der Waals surface area contributed by atoms with E-state index < -0.39 is 7.12 Å². The molecule has 0 saturated carbocycles. The molecule has 16 heteroatoms.